The summed E-state index contributed by atoms with van der Waals surface area (Å²) in [6.07, 6.45) is 0. The van der Waals surface area contributed by atoms with E-state index in [0.29, 0.717) is 38.1 Å². The number of hydrogen-bond acceptors (Lipinski definition) is 6. The summed E-state index contributed by atoms with van der Waals surface area (Å²) in [5.41, 5.74) is 1.01. The molecule has 6 nitrogen and oxygen atoms in total. The summed E-state index contributed by atoms with van der Waals surface area (Å²) < 4.78 is 48.7. The third kappa shape index (κ3) is 7.74. The summed E-state index contributed by atoms with van der Waals surface area (Å²) in [6.45, 7) is 8.28. The van der Waals surface area contributed by atoms with Crippen LogP contribution in [-0.4, -0.2) is 42.0 Å². The molecule has 0 fully saturated rings. The molecule has 2 unspecified atom stereocenters. The van der Waals surface area contributed by atoms with E-state index >= 15 is 0 Å². The smallest absolute Gasteiger partial charge is 0.206 e. The van der Waals surface area contributed by atoms with Crippen molar-refractivity contribution >= 4 is 20.6 Å². The maximum Gasteiger partial charge on any atom is 0.206 e. The molecule has 4 aromatic carbocycles. The van der Waals surface area contributed by atoms with Crippen molar-refractivity contribution in [1.82, 2.24) is 0 Å². The van der Waals surface area contributed by atoms with Crippen molar-refractivity contribution in [3.63, 3.8) is 0 Å². The molecule has 0 saturated heterocycles. The minimum Gasteiger partial charge on any atom is -0.493 e. The Morgan fingerprint density at radius 1 is 0.590 bits per heavy atom. The number of ether oxygens (including phenoxy) is 4. The van der Waals surface area contributed by atoms with Gasteiger partial charge < -0.3 is 18.9 Å². The molecule has 4 rings (SSSR count). The van der Waals surface area contributed by atoms with Crippen LogP contribution in [0, 0.1) is 18.8 Å². The first-order valence-electron chi connectivity index (χ1n) is 13.1. The summed E-state index contributed by atoms with van der Waals surface area (Å²) in [5, 5.41) is 2.16. The van der Waals surface area contributed by atoms with Crippen molar-refractivity contribution in [3.05, 3.63) is 90.5 Å². The van der Waals surface area contributed by atoms with Gasteiger partial charge in [0.05, 0.1) is 36.2 Å². The van der Waals surface area contributed by atoms with E-state index in [1.807, 2.05) is 50.2 Å². The van der Waals surface area contributed by atoms with Crippen LogP contribution in [-0.2, 0) is 14.6 Å². The lowest BCUT2D eigenvalue weighted by Crippen LogP contribution is -2.16. The van der Waals surface area contributed by atoms with Crippen LogP contribution in [0.4, 0.5) is 0 Å². The molecule has 39 heavy (non-hydrogen) atoms. The molecule has 2 atom stereocenters. The van der Waals surface area contributed by atoms with E-state index in [9.17, 15) is 8.42 Å². The normalized spacial score (nSPS) is 13.1. The maximum absolute atomic E-state index is 12.8. The molecule has 7 heteroatoms. The molecule has 0 aliphatic carbocycles. The molecule has 0 amide bonds. The number of rotatable bonds is 13. The van der Waals surface area contributed by atoms with Crippen LogP contribution in [0.25, 0.3) is 10.8 Å². The molecular weight excluding hydrogens is 512 g/mol. The van der Waals surface area contributed by atoms with Crippen LogP contribution in [0.2, 0.25) is 0 Å². The van der Waals surface area contributed by atoms with Crippen molar-refractivity contribution in [2.45, 2.75) is 30.6 Å². The van der Waals surface area contributed by atoms with Crippen LogP contribution in [0.15, 0.2) is 94.7 Å². The first-order valence-corrected chi connectivity index (χ1v) is 14.6. The van der Waals surface area contributed by atoms with Crippen LogP contribution < -0.4 is 14.2 Å². The van der Waals surface area contributed by atoms with Gasteiger partial charge in [-0.2, -0.15) is 0 Å². The monoisotopic (exact) mass is 548 g/mol. The third-order valence-electron chi connectivity index (χ3n) is 6.30. The maximum atomic E-state index is 12.8. The SMILES string of the molecule is COCC(C)COc1ccc2cc(OCC(C)COc3ccc(S(=O)(=O)c4ccc(C)cc4)cc3)ccc2c1. The van der Waals surface area contributed by atoms with E-state index in [2.05, 4.69) is 6.92 Å². The Balaban J connectivity index is 1.27. The number of fused-ring (bicyclic) bond motifs is 1. The van der Waals surface area contributed by atoms with Gasteiger partial charge in [-0.15, -0.1) is 0 Å². The second-order valence-electron chi connectivity index (χ2n) is 10.1. The van der Waals surface area contributed by atoms with Crippen LogP contribution in [0.5, 0.6) is 17.2 Å². The highest BCUT2D eigenvalue weighted by molar-refractivity contribution is 7.91. The third-order valence-corrected chi connectivity index (χ3v) is 8.09. The number of hydrogen-bond donors (Lipinski definition) is 0. The Kier molecular flexibility index (Phi) is 9.49. The minimum atomic E-state index is -3.56. The molecule has 0 heterocycles. The Labute approximate surface area is 231 Å². The van der Waals surface area contributed by atoms with Gasteiger partial charge >= 0.3 is 0 Å². The molecule has 4 aromatic rings. The highest BCUT2D eigenvalue weighted by Gasteiger charge is 2.17. The summed E-state index contributed by atoms with van der Waals surface area (Å²) in [7, 11) is -1.86. The predicted octanol–water partition coefficient (Wildman–Crippen LogP) is 6.74. The molecule has 0 saturated carbocycles. The second kappa shape index (κ2) is 13.0. The van der Waals surface area contributed by atoms with Crippen molar-refractivity contribution in [2.24, 2.45) is 11.8 Å². The standard InChI is InChI=1S/C32H36O6S/c1-23-5-13-31(14-6-23)39(33,34)32-15-11-28(12-16-32)36-21-25(3)22-38-30-10-8-26-17-29(9-7-27(26)18-30)37-20-24(2)19-35-4/h5-18,24-25H,19-22H2,1-4H3. The van der Waals surface area contributed by atoms with E-state index in [-0.39, 0.29) is 15.7 Å². The Morgan fingerprint density at radius 2 is 1.00 bits per heavy atom. The molecule has 0 spiro atoms. The lowest BCUT2D eigenvalue weighted by atomic mass is 10.1. The van der Waals surface area contributed by atoms with Gasteiger partial charge in [0.15, 0.2) is 0 Å². The second-order valence-corrected chi connectivity index (χ2v) is 12.0. The van der Waals surface area contributed by atoms with E-state index in [4.69, 9.17) is 18.9 Å². The van der Waals surface area contributed by atoms with Crippen LogP contribution in [0.1, 0.15) is 19.4 Å². The highest BCUT2D eigenvalue weighted by atomic mass is 32.2. The molecule has 0 bridgehead atoms. The van der Waals surface area contributed by atoms with E-state index in [1.165, 1.54) is 0 Å². The fraction of sp³-hybridized carbons (Fsp3) is 0.312. The van der Waals surface area contributed by atoms with E-state index in [0.717, 1.165) is 27.8 Å². The molecule has 0 aliphatic heterocycles. The molecule has 0 aromatic heterocycles. The van der Waals surface area contributed by atoms with Gasteiger partial charge in [-0.25, -0.2) is 8.42 Å². The lowest BCUT2D eigenvalue weighted by Gasteiger charge is -2.15. The van der Waals surface area contributed by atoms with Gasteiger partial charge in [-0.1, -0.05) is 43.7 Å². The predicted molar refractivity (Wildman–Crippen MR) is 154 cm³/mol. The fourth-order valence-electron chi connectivity index (χ4n) is 4.05. The quantitative estimate of drug-likeness (QED) is 0.184. The Bertz CT molecular complexity index is 1460. The zero-order chi connectivity index (χ0) is 27.8. The largest absolute Gasteiger partial charge is 0.493 e. The van der Waals surface area contributed by atoms with Gasteiger partial charge in [0.2, 0.25) is 9.84 Å². The number of benzene rings is 4. The van der Waals surface area contributed by atoms with Crippen LogP contribution >= 0.6 is 0 Å². The average molecular weight is 549 g/mol. The van der Waals surface area contributed by atoms with Crippen LogP contribution in [0.3, 0.4) is 0 Å². The number of methoxy groups -OCH3 is 1. The first-order chi connectivity index (χ1) is 18.7. The Hall–Kier alpha value is -3.55. The molecule has 0 aliphatic rings. The van der Waals surface area contributed by atoms with Crippen molar-refractivity contribution in [3.8, 4) is 17.2 Å². The van der Waals surface area contributed by atoms with Gasteiger partial charge in [-0.3, -0.25) is 0 Å². The number of sulfone groups is 1. The highest BCUT2D eigenvalue weighted by Crippen LogP contribution is 2.26. The molecule has 0 radical (unpaired) electrons. The average Bonchev–Trinajstić information content (AvgIpc) is 2.94. The van der Waals surface area contributed by atoms with Gasteiger partial charge in [0.1, 0.15) is 17.2 Å². The zero-order valence-electron chi connectivity index (χ0n) is 22.9. The van der Waals surface area contributed by atoms with Gasteiger partial charge in [0, 0.05) is 18.9 Å². The topological polar surface area (TPSA) is 71.1 Å². The molecular formula is C32H36O6S. The van der Waals surface area contributed by atoms with Crippen molar-refractivity contribution in [2.75, 3.05) is 33.5 Å². The summed E-state index contributed by atoms with van der Waals surface area (Å²) in [4.78, 5) is 0.522. The van der Waals surface area contributed by atoms with Crippen molar-refractivity contribution < 1.29 is 27.4 Å². The summed E-state index contributed by atoms with van der Waals surface area (Å²) in [5.74, 6) is 2.70. The van der Waals surface area contributed by atoms with E-state index in [1.54, 1.807) is 55.6 Å². The zero-order valence-corrected chi connectivity index (χ0v) is 23.7. The van der Waals surface area contributed by atoms with Gasteiger partial charge in [-0.05, 0) is 78.4 Å². The van der Waals surface area contributed by atoms with E-state index < -0.39 is 9.84 Å². The van der Waals surface area contributed by atoms with Crippen molar-refractivity contribution in [1.29, 1.82) is 0 Å². The molecule has 0 N–H and O–H groups in total. The first kappa shape index (κ1) is 28.5. The Morgan fingerprint density at radius 3 is 1.49 bits per heavy atom. The van der Waals surface area contributed by atoms with Gasteiger partial charge in [0.25, 0.3) is 0 Å². The minimum absolute atomic E-state index is 0.126. The lowest BCUT2D eigenvalue weighted by molar-refractivity contribution is 0.127. The summed E-state index contributed by atoms with van der Waals surface area (Å²) >= 11 is 0. The molecule has 206 valence electrons. The fourth-order valence-corrected chi connectivity index (χ4v) is 5.31. The number of aryl methyl sites for hydroxylation is 1. The summed E-state index contributed by atoms with van der Waals surface area (Å²) in [6, 6.07) is 25.4.